The number of hydrogen-bond donors (Lipinski definition) is 14. The second-order valence-electron chi connectivity index (χ2n) is 15.9. The van der Waals surface area contributed by atoms with Crippen LogP contribution in [0.3, 0.4) is 0 Å². The lowest BCUT2D eigenvalue weighted by atomic mass is 9.71. The third kappa shape index (κ3) is 5.68. The Labute approximate surface area is 354 Å². The van der Waals surface area contributed by atoms with Crippen LogP contribution in [0.1, 0.15) is 68.6 Å². The topological polar surface area (TPSA) is 320 Å². The number of aliphatic hydroxyl groups excluding tert-OH is 3. The Bertz CT molecular complexity index is 2910. The molecule has 0 spiro atoms. The first-order valence-electron chi connectivity index (χ1n) is 19.3. The third-order valence-corrected chi connectivity index (χ3v) is 12.2. The normalized spacial score (nSPS) is 25.2. The van der Waals surface area contributed by atoms with Gasteiger partial charge in [0.15, 0.2) is 40.6 Å². The fourth-order valence-corrected chi connectivity index (χ4v) is 9.32. The Morgan fingerprint density at radius 2 is 0.984 bits per heavy atom. The van der Waals surface area contributed by atoms with E-state index in [2.05, 4.69) is 0 Å². The van der Waals surface area contributed by atoms with Gasteiger partial charge in [-0.1, -0.05) is 12.1 Å². The lowest BCUT2D eigenvalue weighted by molar-refractivity contribution is -0.219. The van der Waals surface area contributed by atoms with Gasteiger partial charge in [-0.3, -0.25) is 0 Å². The first kappa shape index (κ1) is 39.3. The van der Waals surface area contributed by atoms with E-state index in [0.717, 1.165) is 60.7 Å². The zero-order chi connectivity index (χ0) is 44.5. The number of rotatable bonds is 4. The summed E-state index contributed by atoms with van der Waals surface area (Å²) in [4.78, 5) is 0. The van der Waals surface area contributed by atoms with Crippen LogP contribution in [-0.2, 0) is 12.2 Å². The molecule has 0 saturated carbocycles. The Balaban J connectivity index is 1.25. The molecule has 0 fully saturated rings. The van der Waals surface area contributed by atoms with Crippen LogP contribution < -0.4 is 18.9 Å². The number of phenols is 11. The van der Waals surface area contributed by atoms with Crippen molar-refractivity contribution < 1.29 is 90.4 Å². The van der Waals surface area contributed by atoms with E-state index in [4.69, 9.17) is 18.9 Å². The van der Waals surface area contributed by atoms with Crippen molar-refractivity contribution >= 4 is 0 Å². The fourth-order valence-electron chi connectivity index (χ4n) is 9.32. The van der Waals surface area contributed by atoms with Crippen molar-refractivity contribution in [2.24, 2.45) is 0 Å². The zero-order valence-corrected chi connectivity index (χ0v) is 32.1. The average Bonchev–Trinajstić information content (AvgIpc) is 3.22. The van der Waals surface area contributed by atoms with Gasteiger partial charge in [0.05, 0.1) is 17.9 Å². The summed E-state index contributed by atoms with van der Waals surface area (Å²) in [6, 6.07) is 14.8. The SMILES string of the molecule is Oc1cc(O)c2c(c1)O[C@@]1(c3ccc(O)c(O)c3)Oc3cc(O)c4c(c3[C@H]2[C@@H]1O)O[C@H](c1ccc(O)c(O)c1)[C@H](O)[C@@H]4c1c(O)cc(O)c2c1O[C@@H](c1ccc(O)c(O)c1)[C@H](O)C2. The molecular weight excluding hydrogens is 828 g/mol. The molecule has 14 N–H and O–H groups in total. The van der Waals surface area contributed by atoms with Gasteiger partial charge in [-0.15, -0.1) is 0 Å². The molecule has 2 bridgehead atoms. The molecule has 10 rings (SSSR count). The summed E-state index contributed by atoms with van der Waals surface area (Å²) in [7, 11) is 0. The number of benzene rings is 6. The minimum atomic E-state index is -2.31. The predicted octanol–water partition coefficient (Wildman–Crippen LogP) is 4.24. The van der Waals surface area contributed by atoms with Gasteiger partial charge < -0.3 is 90.4 Å². The van der Waals surface area contributed by atoms with Gasteiger partial charge in [0.2, 0.25) is 0 Å². The molecule has 0 radical (unpaired) electrons. The van der Waals surface area contributed by atoms with E-state index in [-0.39, 0.29) is 73.9 Å². The van der Waals surface area contributed by atoms with Crippen molar-refractivity contribution in [1.29, 1.82) is 0 Å². The number of aliphatic hydroxyl groups is 3. The summed E-state index contributed by atoms with van der Waals surface area (Å²) in [6.07, 6.45) is -8.29. The number of fused-ring (bicyclic) bond motifs is 9. The van der Waals surface area contributed by atoms with Gasteiger partial charge in [0, 0.05) is 64.1 Å². The maximum atomic E-state index is 12.5. The van der Waals surface area contributed by atoms with Crippen molar-refractivity contribution in [3.63, 3.8) is 0 Å². The Kier molecular flexibility index (Phi) is 8.49. The molecule has 0 aliphatic carbocycles. The summed E-state index contributed by atoms with van der Waals surface area (Å²) in [5, 5.41) is 155. The van der Waals surface area contributed by atoms with Gasteiger partial charge in [0.25, 0.3) is 0 Å². The largest absolute Gasteiger partial charge is 0.508 e. The van der Waals surface area contributed by atoms with E-state index >= 15 is 0 Å². The van der Waals surface area contributed by atoms with Gasteiger partial charge in [-0.25, -0.2) is 0 Å². The minimum Gasteiger partial charge on any atom is -0.508 e. The Morgan fingerprint density at radius 3 is 1.62 bits per heavy atom. The highest BCUT2D eigenvalue weighted by molar-refractivity contribution is 5.72. The van der Waals surface area contributed by atoms with Crippen LogP contribution in [0.2, 0.25) is 0 Å². The number of phenolic OH excluding ortho intramolecular Hbond substituents is 11. The molecule has 0 saturated heterocycles. The lowest BCUT2D eigenvalue weighted by Gasteiger charge is -2.51. The zero-order valence-electron chi connectivity index (χ0n) is 32.1. The second-order valence-corrected chi connectivity index (χ2v) is 15.9. The molecule has 324 valence electrons. The predicted molar refractivity (Wildman–Crippen MR) is 212 cm³/mol. The number of ether oxygens (including phenoxy) is 4. The van der Waals surface area contributed by atoms with E-state index in [9.17, 15) is 71.5 Å². The van der Waals surface area contributed by atoms with Crippen LogP contribution in [0.25, 0.3) is 0 Å². The van der Waals surface area contributed by atoms with Gasteiger partial charge in [-0.2, -0.15) is 0 Å². The van der Waals surface area contributed by atoms with Crippen LogP contribution in [0, 0.1) is 0 Å². The molecule has 0 aromatic heterocycles. The molecule has 4 heterocycles. The molecule has 6 aromatic rings. The maximum Gasteiger partial charge on any atom is 0.305 e. The monoisotopic (exact) mass is 864 g/mol. The highest BCUT2D eigenvalue weighted by Gasteiger charge is 2.61. The summed E-state index contributed by atoms with van der Waals surface area (Å²) < 4.78 is 25.6. The molecule has 6 aromatic carbocycles. The summed E-state index contributed by atoms with van der Waals surface area (Å²) >= 11 is 0. The highest BCUT2D eigenvalue weighted by atomic mass is 16.7. The Morgan fingerprint density at radius 1 is 0.444 bits per heavy atom. The molecule has 8 atom stereocenters. The summed E-state index contributed by atoms with van der Waals surface area (Å²) in [5.41, 5.74) is -0.583. The molecule has 4 aliphatic rings. The van der Waals surface area contributed by atoms with Crippen LogP contribution >= 0.6 is 0 Å². The van der Waals surface area contributed by atoms with Crippen LogP contribution in [0.5, 0.6) is 86.2 Å². The molecule has 0 unspecified atom stereocenters. The Hall–Kier alpha value is -7.80. The van der Waals surface area contributed by atoms with Crippen LogP contribution in [0.4, 0.5) is 0 Å². The van der Waals surface area contributed by atoms with Crippen molar-refractivity contribution in [2.45, 2.75) is 54.6 Å². The molecule has 18 heteroatoms. The van der Waals surface area contributed by atoms with Crippen molar-refractivity contribution in [3.8, 4) is 86.2 Å². The van der Waals surface area contributed by atoms with E-state index in [1.54, 1.807) is 0 Å². The van der Waals surface area contributed by atoms with E-state index in [0.29, 0.717) is 0 Å². The molecule has 0 amide bonds. The van der Waals surface area contributed by atoms with E-state index < -0.39 is 111 Å². The quantitative estimate of drug-likeness (QED) is 0.110. The maximum absolute atomic E-state index is 12.5. The second kappa shape index (κ2) is 13.6. The standard InChI is InChI=1S/C45H36O18/c46-18-10-27(54)33-31(11-18)62-45(17-3-6-22(49)26(53)9-17)44(59)38(33)36-32(63-45)14-29(56)35-37(39(58)41(61-43(35)36)16-2-5-21(48)25(52)8-16)34-28(55)13-23(50)19-12-30(57)40(60-42(19)34)15-1-4-20(47)24(51)7-15/h1-11,13-14,30,37-41,44,46-59H,12H2/t30-,37-,38+,39-,40+,41-,44+,45+/m1/s1. The summed E-state index contributed by atoms with van der Waals surface area (Å²) in [5.74, 6) is -12.6. The smallest absolute Gasteiger partial charge is 0.305 e. The van der Waals surface area contributed by atoms with Gasteiger partial charge >= 0.3 is 5.79 Å². The van der Waals surface area contributed by atoms with E-state index in [1.165, 1.54) is 18.2 Å². The van der Waals surface area contributed by atoms with Crippen LogP contribution in [0.15, 0.2) is 78.9 Å². The van der Waals surface area contributed by atoms with Crippen molar-refractivity contribution in [3.05, 3.63) is 123 Å². The number of aromatic hydroxyl groups is 11. The minimum absolute atomic E-state index is 0.0325. The van der Waals surface area contributed by atoms with Crippen molar-refractivity contribution in [1.82, 2.24) is 0 Å². The van der Waals surface area contributed by atoms with E-state index in [1.807, 2.05) is 0 Å². The van der Waals surface area contributed by atoms with Gasteiger partial charge in [-0.05, 0) is 53.6 Å². The lowest BCUT2D eigenvalue weighted by Crippen LogP contribution is -2.57. The molecule has 4 aliphatic heterocycles. The average molecular weight is 865 g/mol. The molecule has 63 heavy (non-hydrogen) atoms. The first-order valence-corrected chi connectivity index (χ1v) is 19.3. The van der Waals surface area contributed by atoms with Crippen molar-refractivity contribution in [2.75, 3.05) is 0 Å². The van der Waals surface area contributed by atoms with Crippen LogP contribution in [-0.4, -0.2) is 89.8 Å². The number of hydrogen-bond acceptors (Lipinski definition) is 18. The first-order chi connectivity index (χ1) is 30.0. The van der Waals surface area contributed by atoms with Gasteiger partial charge in [0.1, 0.15) is 70.1 Å². The third-order valence-electron chi connectivity index (χ3n) is 12.2. The summed E-state index contributed by atoms with van der Waals surface area (Å²) in [6.45, 7) is 0. The molecule has 18 nitrogen and oxygen atoms in total. The highest BCUT2D eigenvalue weighted by Crippen LogP contribution is 2.65. The molecular formula is C45H36O18. The fraction of sp³-hybridized carbons (Fsp3) is 0.200.